The van der Waals surface area contributed by atoms with Crippen LogP contribution in [0.4, 0.5) is 5.69 Å². The van der Waals surface area contributed by atoms with Crippen molar-refractivity contribution in [2.75, 3.05) is 5.32 Å². The third kappa shape index (κ3) is 4.57. The average Bonchev–Trinajstić information content (AvgIpc) is 3.14. The molecule has 0 spiro atoms. The van der Waals surface area contributed by atoms with Crippen LogP contribution < -0.4 is 10.1 Å². The molecule has 5 nitrogen and oxygen atoms in total. The van der Waals surface area contributed by atoms with Gasteiger partial charge in [-0.2, -0.15) is 0 Å². The molecule has 0 unspecified atom stereocenters. The summed E-state index contributed by atoms with van der Waals surface area (Å²) in [4.78, 5) is 17.5. The average molecular weight is 435 g/mol. The minimum Gasteiger partial charge on any atom is -0.478 e. The molecule has 0 saturated carbocycles. The Labute approximate surface area is 186 Å². The van der Waals surface area contributed by atoms with E-state index >= 15 is 0 Å². The predicted molar refractivity (Wildman–Crippen MR) is 124 cm³/mol. The molecule has 0 radical (unpaired) electrons. The summed E-state index contributed by atoms with van der Waals surface area (Å²) in [5.74, 6) is 0.801. The Hall–Kier alpha value is -3.31. The number of nitrogens with one attached hydrogen (secondary N) is 1. The van der Waals surface area contributed by atoms with Gasteiger partial charge in [-0.25, -0.2) is 4.98 Å². The molecule has 0 aliphatic carbocycles. The Bertz CT molecular complexity index is 1260. The summed E-state index contributed by atoms with van der Waals surface area (Å²) < 4.78 is 11.9. The lowest BCUT2D eigenvalue weighted by molar-refractivity contribution is -0.128. The SMILES string of the molecule is Cc1cc(C)c2oc(-c3cccc(NC(=O)C(C)(C)Oc4ccc(Cl)cc4)c3)nc2c1. The van der Waals surface area contributed by atoms with Crippen LogP contribution in [0.1, 0.15) is 25.0 Å². The minimum absolute atomic E-state index is 0.274. The number of hydrogen-bond donors (Lipinski definition) is 1. The van der Waals surface area contributed by atoms with Crippen LogP contribution in [0.5, 0.6) is 5.75 Å². The minimum atomic E-state index is -1.09. The van der Waals surface area contributed by atoms with E-state index in [0.717, 1.165) is 27.8 Å². The zero-order chi connectivity index (χ0) is 22.2. The van der Waals surface area contributed by atoms with Crippen molar-refractivity contribution in [2.45, 2.75) is 33.3 Å². The van der Waals surface area contributed by atoms with Crippen LogP contribution >= 0.6 is 11.6 Å². The maximum atomic E-state index is 12.9. The molecule has 0 fully saturated rings. The number of carbonyl (C=O) groups is 1. The molecule has 1 heterocycles. The van der Waals surface area contributed by atoms with Crippen molar-refractivity contribution in [2.24, 2.45) is 0 Å². The zero-order valence-corrected chi connectivity index (χ0v) is 18.6. The molecule has 1 amide bonds. The van der Waals surface area contributed by atoms with Gasteiger partial charge in [-0.3, -0.25) is 4.79 Å². The molecule has 0 bridgehead atoms. The summed E-state index contributed by atoms with van der Waals surface area (Å²) in [6.45, 7) is 7.47. The van der Waals surface area contributed by atoms with E-state index in [1.807, 2.05) is 44.2 Å². The van der Waals surface area contributed by atoms with Crippen molar-refractivity contribution < 1.29 is 13.9 Å². The van der Waals surface area contributed by atoms with Gasteiger partial charge in [0.2, 0.25) is 5.89 Å². The fourth-order valence-corrected chi connectivity index (χ4v) is 3.48. The highest BCUT2D eigenvalue weighted by molar-refractivity contribution is 6.30. The van der Waals surface area contributed by atoms with E-state index in [-0.39, 0.29) is 5.91 Å². The van der Waals surface area contributed by atoms with E-state index in [1.165, 1.54) is 0 Å². The highest BCUT2D eigenvalue weighted by Crippen LogP contribution is 2.29. The Kier molecular flexibility index (Phi) is 5.46. The van der Waals surface area contributed by atoms with E-state index in [1.54, 1.807) is 38.1 Å². The van der Waals surface area contributed by atoms with Gasteiger partial charge in [-0.15, -0.1) is 0 Å². The number of nitrogens with zero attached hydrogens (tertiary/aromatic N) is 1. The first-order valence-corrected chi connectivity index (χ1v) is 10.3. The Balaban J connectivity index is 1.55. The third-order valence-corrected chi connectivity index (χ3v) is 5.17. The van der Waals surface area contributed by atoms with Crippen LogP contribution in [-0.4, -0.2) is 16.5 Å². The Morgan fingerprint density at radius 3 is 2.55 bits per heavy atom. The summed E-state index contributed by atoms with van der Waals surface area (Å²) in [5, 5.41) is 3.53. The Morgan fingerprint density at radius 2 is 1.81 bits per heavy atom. The quantitative estimate of drug-likeness (QED) is 0.386. The van der Waals surface area contributed by atoms with Gasteiger partial charge in [0.05, 0.1) is 0 Å². The van der Waals surface area contributed by atoms with Gasteiger partial charge in [0.25, 0.3) is 5.91 Å². The van der Waals surface area contributed by atoms with Gasteiger partial charge in [-0.05, 0) is 87.4 Å². The van der Waals surface area contributed by atoms with Gasteiger partial charge >= 0.3 is 0 Å². The molecular formula is C25H23ClN2O3. The lowest BCUT2D eigenvalue weighted by atomic mass is 10.1. The maximum Gasteiger partial charge on any atom is 0.267 e. The van der Waals surface area contributed by atoms with Crippen LogP contribution in [0.3, 0.4) is 0 Å². The second-order valence-electron chi connectivity index (χ2n) is 8.05. The molecule has 4 aromatic rings. The van der Waals surface area contributed by atoms with Crippen LogP contribution in [0.2, 0.25) is 5.02 Å². The molecule has 0 atom stereocenters. The highest BCUT2D eigenvalue weighted by Gasteiger charge is 2.30. The number of halogens is 1. The Morgan fingerprint density at radius 1 is 1.06 bits per heavy atom. The zero-order valence-electron chi connectivity index (χ0n) is 17.8. The molecule has 0 aliphatic heterocycles. The molecule has 4 rings (SSSR count). The van der Waals surface area contributed by atoms with E-state index in [9.17, 15) is 4.79 Å². The van der Waals surface area contributed by atoms with Crippen molar-refractivity contribution in [3.05, 3.63) is 76.8 Å². The van der Waals surface area contributed by atoms with Crippen LogP contribution in [0.25, 0.3) is 22.6 Å². The van der Waals surface area contributed by atoms with Crippen LogP contribution in [0.15, 0.2) is 65.1 Å². The molecule has 1 aromatic heterocycles. The van der Waals surface area contributed by atoms with E-state index in [2.05, 4.69) is 16.4 Å². The van der Waals surface area contributed by atoms with Gasteiger partial charge < -0.3 is 14.5 Å². The number of ether oxygens (including phenoxy) is 1. The van der Waals surface area contributed by atoms with Crippen molar-refractivity contribution in [3.63, 3.8) is 0 Å². The van der Waals surface area contributed by atoms with Crippen molar-refractivity contribution in [3.8, 4) is 17.2 Å². The lowest BCUT2D eigenvalue weighted by Gasteiger charge is -2.25. The molecule has 158 valence electrons. The highest BCUT2D eigenvalue weighted by atomic mass is 35.5. The first-order valence-electron chi connectivity index (χ1n) is 9.95. The molecule has 31 heavy (non-hydrogen) atoms. The topological polar surface area (TPSA) is 64.4 Å². The van der Waals surface area contributed by atoms with E-state index in [0.29, 0.717) is 22.4 Å². The van der Waals surface area contributed by atoms with Gasteiger partial charge in [0.15, 0.2) is 11.2 Å². The molecular weight excluding hydrogens is 412 g/mol. The van der Waals surface area contributed by atoms with Gasteiger partial charge in [-0.1, -0.05) is 23.7 Å². The number of oxazole rings is 1. The fraction of sp³-hybridized carbons (Fsp3) is 0.200. The summed E-state index contributed by atoms with van der Waals surface area (Å²) in [5.41, 5.74) is 4.09. The number of carbonyl (C=O) groups excluding carboxylic acids is 1. The van der Waals surface area contributed by atoms with Crippen molar-refractivity contribution in [1.29, 1.82) is 0 Å². The monoisotopic (exact) mass is 434 g/mol. The predicted octanol–water partition coefficient (Wildman–Crippen LogP) is 6.56. The molecule has 3 aromatic carbocycles. The van der Waals surface area contributed by atoms with Crippen molar-refractivity contribution >= 4 is 34.3 Å². The van der Waals surface area contributed by atoms with E-state index < -0.39 is 5.60 Å². The summed E-state index contributed by atoms with van der Waals surface area (Å²) in [6, 6.07) is 18.4. The molecule has 1 N–H and O–H groups in total. The number of aryl methyl sites for hydroxylation is 2. The van der Waals surface area contributed by atoms with Crippen molar-refractivity contribution in [1.82, 2.24) is 4.98 Å². The number of anilines is 1. The number of hydrogen-bond acceptors (Lipinski definition) is 4. The lowest BCUT2D eigenvalue weighted by Crippen LogP contribution is -2.42. The van der Waals surface area contributed by atoms with Gasteiger partial charge in [0, 0.05) is 16.3 Å². The number of aromatic nitrogens is 1. The third-order valence-electron chi connectivity index (χ3n) is 4.92. The number of rotatable bonds is 5. The van der Waals surface area contributed by atoms with E-state index in [4.69, 9.17) is 20.8 Å². The normalized spacial score (nSPS) is 11.5. The standard InChI is InChI=1S/C25H23ClN2O3/c1-15-12-16(2)22-21(13-15)28-23(30-22)17-6-5-7-19(14-17)27-24(29)25(3,4)31-20-10-8-18(26)9-11-20/h5-14H,1-4H3,(H,27,29). The number of benzene rings is 3. The molecule has 0 aliphatic rings. The fourth-order valence-electron chi connectivity index (χ4n) is 3.36. The first-order chi connectivity index (χ1) is 14.7. The summed E-state index contributed by atoms with van der Waals surface area (Å²) in [7, 11) is 0. The second-order valence-corrected chi connectivity index (χ2v) is 8.49. The summed E-state index contributed by atoms with van der Waals surface area (Å²) >= 11 is 5.91. The summed E-state index contributed by atoms with van der Waals surface area (Å²) in [6.07, 6.45) is 0. The van der Waals surface area contributed by atoms with Crippen LogP contribution in [-0.2, 0) is 4.79 Å². The number of fused-ring (bicyclic) bond motifs is 1. The first kappa shape index (κ1) is 20.9. The molecule has 0 saturated heterocycles. The second kappa shape index (κ2) is 8.08. The van der Waals surface area contributed by atoms with Crippen LogP contribution in [0, 0.1) is 13.8 Å². The van der Waals surface area contributed by atoms with Gasteiger partial charge in [0.1, 0.15) is 11.3 Å². The molecule has 6 heteroatoms. The number of amides is 1. The largest absolute Gasteiger partial charge is 0.478 e. The maximum absolute atomic E-state index is 12.9. The smallest absolute Gasteiger partial charge is 0.267 e.